The average molecular weight is 270 g/mol. The first-order valence-corrected chi connectivity index (χ1v) is 7.10. The van der Waals surface area contributed by atoms with E-state index in [2.05, 4.69) is 63.1 Å². The van der Waals surface area contributed by atoms with Crippen LogP contribution in [0.15, 0.2) is 49.6 Å². The van der Waals surface area contributed by atoms with Crippen molar-refractivity contribution >= 4 is 46.4 Å². The van der Waals surface area contributed by atoms with E-state index < -0.39 is 0 Å². The van der Waals surface area contributed by atoms with Crippen LogP contribution in [0.25, 0.3) is 46.4 Å². The maximum atomic E-state index is 4.19. The molecule has 102 valence electrons. The van der Waals surface area contributed by atoms with Gasteiger partial charge in [0.2, 0.25) is 0 Å². The highest BCUT2D eigenvalue weighted by Crippen LogP contribution is 2.30. The minimum Gasteiger partial charge on any atom is -0.0984 e. The Kier molecular flexibility index (Phi) is 3.23. The largest absolute Gasteiger partial charge is 0.0984 e. The maximum Gasteiger partial charge on any atom is -0.00299 e. The molecule has 0 heterocycles. The van der Waals surface area contributed by atoms with Gasteiger partial charge in [0, 0.05) is 0 Å². The Balaban J connectivity index is 2.84. The fourth-order valence-corrected chi connectivity index (χ4v) is 3.17. The third-order valence-electron chi connectivity index (χ3n) is 4.09. The number of benzene rings is 3. The fraction of sp³-hybridized carbons (Fsp3) is 0.0476. The molecular formula is C21H18. The smallest absolute Gasteiger partial charge is 0.00299 e. The van der Waals surface area contributed by atoms with Crippen molar-refractivity contribution in [1.82, 2.24) is 0 Å². The Morgan fingerprint density at radius 3 is 2.00 bits per heavy atom. The molecule has 0 unspecified atom stereocenters. The van der Waals surface area contributed by atoms with Gasteiger partial charge in [-0.25, -0.2) is 0 Å². The van der Waals surface area contributed by atoms with Gasteiger partial charge in [-0.05, 0) is 50.0 Å². The first-order valence-electron chi connectivity index (χ1n) is 7.10. The molecule has 0 amide bonds. The number of hydrogen-bond acceptors (Lipinski definition) is 0. The Hall–Kier alpha value is -2.60. The van der Waals surface area contributed by atoms with Crippen molar-refractivity contribution in [3.8, 4) is 0 Å². The lowest BCUT2D eigenvalue weighted by atomic mass is 9.90. The minimum atomic E-state index is 1.03. The zero-order chi connectivity index (χ0) is 15.0. The van der Waals surface area contributed by atoms with Crippen molar-refractivity contribution in [3.63, 3.8) is 0 Å². The van der Waals surface area contributed by atoms with E-state index in [1.807, 2.05) is 18.2 Å². The summed E-state index contributed by atoms with van der Waals surface area (Å²) in [6.45, 7) is 14.3. The molecule has 0 radical (unpaired) electrons. The highest BCUT2D eigenvalue weighted by Gasteiger charge is 2.11. The van der Waals surface area contributed by atoms with Crippen LogP contribution >= 0.6 is 0 Å². The summed E-state index contributed by atoms with van der Waals surface area (Å²) in [5.41, 5.74) is 2.25. The molecule has 3 rings (SSSR count). The van der Waals surface area contributed by atoms with Gasteiger partial charge in [-0.1, -0.05) is 74.4 Å². The highest BCUT2D eigenvalue weighted by atomic mass is 14.1. The molecule has 0 saturated carbocycles. The molecule has 0 aromatic heterocycles. The molecule has 0 aliphatic rings. The van der Waals surface area contributed by atoms with Crippen molar-refractivity contribution in [2.24, 2.45) is 0 Å². The van der Waals surface area contributed by atoms with Crippen LogP contribution in [0.1, 0.15) is 18.1 Å². The van der Waals surface area contributed by atoms with Gasteiger partial charge in [-0.2, -0.15) is 0 Å². The lowest BCUT2D eigenvalue weighted by Gasteiger charge is -2.14. The second kappa shape index (κ2) is 5.06. The summed E-state index contributed by atoms with van der Waals surface area (Å²) in [5, 5.41) is 7.12. The third-order valence-corrected chi connectivity index (χ3v) is 4.09. The summed E-state index contributed by atoms with van der Waals surface area (Å²) in [7, 11) is 0. The van der Waals surface area contributed by atoms with Crippen LogP contribution < -0.4 is 10.4 Å². The topological polar surface area (TPSA) is 0 Å². The van der Waals surface area contributed by atoms with E-state index in [0.717, 1.165) is 16.3 Å². The van der Waals surface area contributed by atoms with Crippen molar-refractivity contribution < 1.29 is 0 Å². The van der Waals surface area contributed by atoms with E-state index in [1.54, 1.807) is 0 Å². The molecule has 0 atom stereocenters. The van der Waals surface area contributed by atoms with Crippen LogP contribution in [-0.2, 0) is 0 Å². The molecule has 0 fully saturated rings. The SMILES string of the molecule is C=Cc1c(C=C)c2/c(=C\C)cccc2c2cccc(=C)c12. The van der Waals surface area contributed by atoms with Crippen LogP contribution in [0, 0.1) is 0 Å². The second-order valence-electron chi connectivity index (χ2n) is 5.13. The van der Waals surface area contributed by atoms with Crippen molar-refractivity contribution in [2.75, 3.05) is 0 Å². The van der Waals surface area contributed by atoms with E-state index in [-0.39, 0.29) is 0 Å². The molecule has 0 N–H and O–H groups in total. The van der Waals surface area contributed by atoms with Gasteiger partial charge in [0.15, 0.2) is 0 Å². The summed E-state index contributed by atoms with van der Waals surface area (Å²) in [5.74, 6) is 0. The lowest BCUT2D eigenvalue weighted by Crippen LogP contribution is -2.08. The molecule has 0 bridgehead atoms. The number of rotatable bonds is 2. The maximum absolute atomic E-state index is 4.19. The molecule has 0 saturated heterocycles. The number of fused-ring (bicyclic) bond motifs is 3. The summed E-state index contributed by atoms with van der Waals surface area (Å²) in [6.07, 6.45) is 5.99. The van der Waals surface area contributed by atoms with Crippen molar-refractivity contribution in [1.29, 1.82) is 0 Å². The van der Waals surface area contributed by atoms with Gasteiger partial charge >= 0.3 is 0 Å². The molecule has 3 aromatic carbocycles. The molecular weight excluding hydrogens is 252 g/mol. The Labute approximate surface area is 125 Å². The zero-order valence-electron chi connectivity index (χ0n) is 12.3. The standard InChI is InChI=1S/C21H18/c1-5-15-11-9-13-19-18-12-8-10-14(4)20(18)16(6-2)17(7-3)21(15)19/h5-13H,2-4H2,1H3/b15-5-. The van der Waals surface area contributed by atoms with Gasteiger partial charge in [-0.3, -0.25) is 0 Å². The lowest BCUT2D eigenvalue weighted by molar-refractivity contribution is 1.63. The van der Waals surface area contributed by atoms with E-state index in [1.165, 1.54) is 26.8 Å². The summed E-state index contributed by atoms with van der Waals surface area (Å²) in [4.78, 5) is 0. The molecule has 21 heavy (non-hydrogen) atoms. The van der Waals surface area contributed by atoms with Crippen molar-refractivity contribution in [2.45, 2.75) is 6.92 Å². The molecule has 0 nitrogen and oxygen atoms in total. The molecule has 0 spiro atoms. The van der Waals surface area contributed by atoms with E-state index >= 15 is 0 Å². The quantitative estimate of drug-likeness (QED) is 0.602. The average Bonchev–Trinajstić information content (AvgIpc) is 2.53. The molecule has 0 aliphatic heterocycles. The first kappa shape index (κ1) is 13.4. The Bertz CT molecular complexity index is 988. The summed E-state index contributed by atoms with van der Waals surface area (Å²) >= 11 is 0. The molecule has 3 aromatic rings. The highest BCUT2D eigenvalue weighted by molar-refractivity contribution is 6.14. The van der Waals surface area contributed by atoms with Crippen LogP contribution in [0.2, 0.25) is 0 Å². The molecule has 0 aliphatic carbocycles. The van der Waals surface area contributed by atoms with Crippen LogP contribution in [0.3, 0.4) is 0 Å². The van der Waals surface area contributed by atoms with Gasteiger partial charge in [0.25, 0.3) is 0 Å². The van der Waals surface area contributed by atoms with E-state index in [4.69, 9.17) is 0 Å². The predicted octanol–water partition coefficient (Wildman–Crippen LogP) is 4.49. The second-order valence-corrected chi connectivity index (χ2v) is 5.13. The first-order chi connectivity index (χ1) is 10.2. The summed E-state index contributed by atoms with van der Waals surface area (Å²) in [6, 6.07) is 12.7. The van der Waals surface area contributed by atoms with Gasteiger partial charge in [-0.15, -0.1) is 0 Å². The minimum absolute atomic E-state index is 1.03. The van der Waals surface area contributed by atoms with Crippen LogP contribution in [0.5, 0.6) is 0 Å². The predicted molar refractivity (Wildman–Crippen MR) is 96.5 cm³/mol. The fourth-order valence-electron chi connectivity index (χ4n) is 3.17. The van der Waals surface area contributed by atoms with Crippen LogP contribution in [-0.4, -0.2) is 0 Å². The zero-order valence-corrected chi connectivity index (χ0v) is 12.3. The Morgan fingerprint density at radius 2 is 1.38 bits per heavy atom. The van der Waals surface area contributed by atoms with E-state index in [9.17, 15) is 0 Å². The van der Waals surface area contributed by atoms with Gasteiger partial charge in [0.05, 0.1) is 0 Å². The normalized spacial score (nSPS) is 12.0. The number of hydrogen-bond donors (Lipinski definition) is 0. The van der Waals surface area contributed by atoms with E-state index in [0.29, 0.717) is 0 Å². The monoisotopic (exact) mass is 270 g/mol. The third kappa shape index (κ3) is 1.84. The van der Waals surface area contributed by atoms with Gasteiger partial charge in [0.1, 0.15) is 0 Å². The van der Waals surface area contributed by atoms with Gasteiger partial charge < -0.3 is 0 Å². The Morgan fingerprint density at radius 1 is 0.810 bits per heavy atom. The molecule has 0 heteroatoms. The van der Waals surface area contributed by atoms with Crippen LogP contribution in [0.4, 0.5) is 0 Å². The van der Waals surface area contributed by atoms with Crippen molar-refractivity contribution in [3.05, 3.63) is 71.1 Å². The summed E-state index contributed by atoms with van der Waals surface area (Å²) < 4.78 is 0.